The first-order chi connectivity index (χ1) is 10.2. The third-order valence-electron chi connectivity index (χ3n) is 5.27. The summed E-state index contributed by atoms with van der Waals surface area (Å²) in [5, 5.41) is 6.62. The first-order valence-corrected chi connectivity index (χ1v) is 8.32. The van der Waals surface area contributed by atoms with Crippen LogP contribution >= 0.6 is 0 Å². The molecule has 3 nitrogen and oxygen atoms in total. The number of hydrogen-bond donors (Lipinski definition) is 2. The molecule has 4 unspecified atom stereocenters. The standard InChI is InChI=1S/C18H26N2O/c1-3-19-12(2)15-6-4-5-7-17(15)20-18(21)16-11-13-8-9-14(16)10-13/h4-7,12-14,16,19H,3,8-11H2,1-2H3,(H,20,21). The first-order valence-electron chi connectivity index (χ1n) is 8.32. The number of rotatable bonds is 5. The molecule has 1 aromatic carbocycles. The van der Waals surface area contributed by atoms with Crippen molar-refractivity contribution in [2.45, 2.75) is 45.6 Å². The van der Waals surface area contributed by atoms with Gasteiger partial charge in [-0.05, 0) is 56.2 Å². The van der Waals surface area contributed by atoms with Crippen LogP contribution in [-0.4, -0.2) is 12.5 Å². The van der Waals surface area contributed by atoms with Crippen molar-refractivity contribution in [1.82, 2.24) is 5.32 Å². The van der Waals surface area contributed by atoms with E-state index in [4.69, 9.17) is 0 Å². The molecule has 1 amide bonds. The van der Waals surface area contributed by atoms with Crippen LogP contribution in [0, 0.1) is 17.8 Å². The summed E-state index contributed by atoms with van der Waals surface area (Å²) < 4.78 is 0. The summed E-state index contributed by atoms with van der Waals surface area (Å²) in [7, 11) is 0. The van der Waals surface area contributed by atoms with Crippen LogP contribution in [0.5, 0.6) is 0 Å². The molecule has 0 aromatic heterocycles. The Labute approximate surface area is 127 Å². The Morgan fingerprint density at radius 2 is 2.10 bits per heavy atom. The maximum absolute atomic E-state index is 12.6. The van der Waals surface area contributed by atoms with Crippen molar-refractivity contribution >= 4 is 11.6 Å². The second-order valence-electron chi connectivity index (χ2n) is 6.64. The van der Waals surface area contributed by atoms with Gasteiger partial charge in [-0.15, -0.1) is 0 Å². The van der Waals surface area contributed by atoms with Crippen LogP contribution < -0.4 is 10.6 Å². The van der Waals surface area contributed by atoms with E-state index in [0.29, 0.717) is 5.92 Å². The number of carbonyl (C=O) groups excluding carboxylic acids is 1. The fraction of sp³-hybridized carbons (Fsp3) is 0.611. The van der Waals surface area contributed by atoms with Gasteiger partial charge in [0.2, 0.25) is 5.91 Å². The predicted molar refractivity (Wildman–Crippen MR) is 86.1 cm³/mol. The second kappa shape index (κ2) is 6.18. The number of carbonyl (C=O) groups is 1. The van der Waals surface area contributed by atoms with Crippen molar-refractivity contribution in [1.29, 1.82) is 0 Å². The van der Waals surface area contributed by atoms with Crippen molar-refractivity contribution in [2.75, 3.05) is 11.9 Å². The molecule has 3 rings (SSSR count). The van der Waals surface area contributed by atoms with Gasteiger partial charge in [0.05, 0.1) is 0 Å². The number of hydrogen-bond acceptors (Lipinski definition) is 2. The number of amides is 1. The van der Waals surface area contributed by atoms with Crippen LogP contribution in [0.15, 0.2) is 24.3 Å². The maximum atomic E-state index is 12.6. The van der Waals surface area contributed by atoms with Crippen molar-refractivity contribution in [3.8, 4) is 0 Å². The predicted octanol–water partition coefficient (Wildman–Crippen LogP) is 3.73. The Morgan fingerprint density at radius 3 is 2.76 bits per heavy atom. The van der Waals surface area contributed by atoms with Crippen LogP contribution in [0.25, 0.3) is 0 Å². The van der Waals surface area contributed by atoms with Gasteiger partial charge in [0, 0.05) is 17.6 Å². The van der Waals surface area contributed by atoms with E-state index >= 15 is 0 Å². The molecule has 0 spiro atoms. The molecule has 114 valence electrons. The molecule has 2 aliphatic rings. The summed E-state index contributed by atoms with van der Waals surface area (Å²) in [6.07, 6.45) is 4.95. The largest absolute Gasteiger partial charge is 0.326 e. The van der Waals surface area contributed by atoms with Gasteiger partial charge in [0.15, 0.2) is 0 Å². The Balaban J connectivity index is 1.71. The second-order valence-corrected chi connectivity index (χ2v) is 6.64. The van der Waals surface area contributed by atoms with Gasteiger partial charge in [0.1, 0.15) is 0 Å². The van der Waals surface area contributed by atoms with E-state index in [2.05, 4.69) is 30.5 Å². The Morgan fingerprint density at radius 1 is 1.29 bits per heavy atom. The molecule has 21 heavy (non-hydrogen) atoms. The topological polar surface area (TPSA) is 41.1 Å². The van der Waals surface area contributed by atoms with Crippen molar-refractivity contribution < 1.29 is 4.79 Å². The third-order valence-corrected chi connectivity index (χ3v) is 5.27. The monoisotopic (exact) mass is 286 g/mol. The van der Waals surface area contributed by atoms with E-state index in [1.165, 1.54) is 24.8 Å². The molecule has 0 aliphatic heterocycles. The molecule has 0 radical (unpaired) electrons. The maximum Gasteiger partial charge on any atom is 0.227 e. The van der Waals surface area contributed by atoms with Gasteiger partial charge in [0.25, 0.3) is 0 Å². The average molecular weight is 286 g/mol. The molecule has 2 bridgehead atoms. The lowest BCUT2D eigenvalue weighted by atomic mass is 9.88. The lowest BCUT2D eigenvalue weighted by molar-refractivity contribution is -0.121. The molecular formula is C18H26N2O. The zero-order valence-electron chi connectivity index (χ0n) is 13.1. The third kappa shape index (κ3) is 2.98. The molecule has 2 aliphatic carbocycles. The summed E-state index contributed by atoms with van der Waals surface area (Å²) in [5.41, 5.74) is 2.15. The average Bonchev–Trinajstić information content (AvgIpc) is 3.10. The van der Waals surface area contributed by atoms with Crippen LogP contribution in [0.2, 0.25) is 0 Å². The molecule has 0 saturated heterocycles. The number of nitrogens with one attached hydrogen (secondary N) is 2. The Kier molecular flexibility index (Phi) is 4.29. The fourth-order valence-corrected chi connectivity index (χ4v) is 4.20. The summed E-state index contributed by atoms with van der Waals surface area (Å²) in [4.78, 5) is 12.6. The number of anilines is 1. The van der Waals surface area contributed by atoms with Gasteiger partial charge in [-0.2, -0.15) is 0 Å². The highest BCUT2D eigenvalue weighted by Gasteiger charge is 2.43. The zero-order valence-corrected chi connectivity index (χ0v) is 13.1. The Hall–Kier alpha value is -1.35. The van der Waals surface area contributed by atoms with Crippen LogP contribution in [-0.2, 0) is 4.79 Å². The highest BCUT2D eigenvalue weighted by Crippen LogP contribution is 2.48. The van der Waals surface area contributed by atoms with Gasteiger partial charge in [-0.1, -0.05) is 31.5 Å². The van der Waals surface area contributed by atoms with Crippen molar-refractivity contribution in [3.05, 3.63) is 29.8 Å². The van der Waals surface area contributed by atoms with Crippen LogP contribution in [0.3, 0.4) is 0 Å². The molecule has 2 fully saturated rings. The highest BCUT2D eigenvalue weighted by atomic mass is 16.1. The summed E-state index contributed by atoms with van der Waals surface area (Å²) in [6.45, 7) is 5.18. The molecular weight excluding hydrogens is 260 g/mol. The van der Waals surface area contributed by atoms with E-state index in [9.17, 15) is 4.79 Å². The van der Waals surface area contributed by atoms with E-state index in [1.54, 1.807) is 0 Å². The smallest absolute Gasteiger partial charge is 0.227 e. The van der Waals surface area contributed by atoms with E-state index < -0.39 is 0 Å². The lowest BCUT2D eigenvalue weighted by Crippen LogP contribution is -2.28. The van der Waals surface area contributed by atoms with Crippen molar-refractivity contribution in [3.63, 3.8) is 0 Å². The Bertz CT molecular complexity index is 514. The van der Waals surface area contributed by atoms with Gasteiger partial charge < -0.3 is 10.6 Å². The molecule has 2 saturated carbocycles. The van der Waals surface area contributed by atoms with Gasteiger partial charge >= 0.3 is 0 Å². The van der Waals surface area contributed by atoms with E-state index in [1.807, 2.05) is 18.2 Å². The van der Waals surface area contributed by atoms with E-state index in [-0.39, 0.29) is 17.9 Å². The molecule has 3 heteroatoms. The normalized spacial score (nSPS) is 28.6. The lowest BCUT2D eigenvalue weighted by Gasteiger charge is -2.23. The van der Waals surface area contributed by atoms with Crippen molar-refractivity contribution in [2.24, 2.45) is 17.8 Å². The van der Waals surface area contributed by atoms with Crippen LogP contribution in [0.4, 0.5) is 5.69 Å². The minimum atomic E-state index is 0.235. The van der Waals surface area contributed by atoms with Gasteiger partial charge in [-0.25, -0.2) is 0 Å². The molecule has 0 heterocycles. The SMILES string of the molecule is CCNC(C)c1ccccc1NC(=O)C1CC2CCC1C2. The molecule has 4 atom stereocenters. The number of para-hydroxylation sites is 1. The molecule has 2 N–H and O–H groups in total. The summed E-state index contributed by atoms with van der Waals surface area (Å²) in [6, 6.07) is 8.42. The minimum absolute atomic E-state index is 0.235. The van der Waals surface area contributed by atoms with Crippen LogP contribution in [0.1, 0.15) is 51.1 Å². The number of benzene rings is 1. The number of fused-ring (bicyclic) bond motifs is 2. The van der Waals surface area contributed by atoms with E-state index in [0.717, 1.165) is 24.6 Å². The fourth-order valence-electron chi connectivity index (χ4n) is 4.20. The highest BCUT2D eigenvalue weighted by molar-refractivity contribution is 5.93. The first kappa shape index (κ1) is 14.6. The van der Waals surface area contributed by atoms with Gasteiger partial charge in [-0.3, -0.25) is 4.79 Å². The minimum Gasteiger partial charge on any atom is -0.326 e. The molecule has 1 aromatic rings. The summed E-state index contributed by atoms with van der Waals surface area (Å²) in [5.74, 6) is 1.92. The quantitative estimate of drug-likeness (QED) is 0.866. The zero-order chi connectivity index (χ0) is 14.8. The summed E-state index contributed by atoms with van der Waals surface area (Å²) >= 11 is 0.